The van der Waals surface area contributed by atoms with Gasteiger partial charge in [-0.1, -0.05) is 26.0 Å². The van der Waals surface area contributed by atoms with Gasteiger partial charge in [-0.15, -0.1) is 11.8 Å². The Balaban J connectivity index is 2.74. The molecule has 0 fully saturated rings. The number of thioether (sulfide) groups is 1. The summed E-state index contributed by atoms with van der Waals surface area (Å²) in [7, 11) is 0. The van der Waals surface area contributed by atoms with E-state index in [9.17, 15) is 9.50 Å². The molecule has 2 nitrogen and oxygen atoms in total. The van der Waals surface area contributed by atoms with Crippen LogP contribution in [0.2, 0.25) is 0 Å². The van der Waals surface area contributed by atoms with E-state index in [0.29, 0.717) is 4.90 Å². The van der Waals surface area contributed by atoms with Crippen molar-refractivity contribution in [2.75, 3.05) is 6.61 Å². The standard InChI is InChI=1S/C12H18FNOS/c1-8(2)12(14)11(7-15)16-10-6-4-3-5-9(10)13/h3-6,8,11-12,15H,7,14H2,1-2H3. The Hall–Kier alpha value is -0.580. The third kappa shape index (κ3) is 3.47. The highest BCUT2D eigenvalue weighted by Gasteiger charge is 2.22. The summed E-state index contributed by atoms with van der Waals surface area (Å²) in [5.74, 6) is -0.00155. The first-order valence-corrected chi connectivity index (χ1v) is 6.21. The third-order valence-corrected chi connectivity index (χ3v) is 3.85. The Kier molecular flexibility index (Phi) is 5.25. The minimum absolute atomic E-state index is 0.0433. The van der Waals surface area contributed by atoms with E-state index in [1.54, 1.807) is 18.2 Å². The van der Waals surface area contributed by atoms with Gasteiger partial charge in [-0.25, -0.2) is 4.39 Å². The Morgan fingerprint density at radius 2 is 2.00 bits per heavy atom. The van der Waals surface area contributed by atoms with E-state index in [4.69, 9.17) is 5.73 Å². The van der Waals surface area contributed by atoms with Gasteiger partial charge in [-0.2, -0.15) is 0 Å². The first kappa shape index (κ1) is 13.5. The van der Waals surface area contributed by atoms with Crippen LogP contribution in [0.5, 0.6) is 0 Å². The zero-order valence-electron chi connectivity index (χ0n) is 9.56. The minimum atomic E-state index is -0.262. The van der Waals surface area contributed by atoms with Crippen molar-refractivity contribution < 1.29 is 9.50 Å². The summed E-state index contributed by atoms with van der Waals surface area (Å²) in [6.45, 7) is 3.95. The molecule has 16 heavy (non-hydrogen) atoms. The summed E-state index contributed by atoms with van der Waals surface area (Å²) in [5.41, 5.74) is 5.97. The minimum Gasteiger partial charge on any atom is -0.395 e. The van der Waals surface area contributed by atoms with Crippen LogP contribution in [0.15, 0.2) is 29.2 Å². The van der Waals surface area contributed by atoms with E-state index in [2.05, 4.69) is 0 Å². The second kappa shape index (κ2) is 6.23. The van der Waals surface area contributed by atoms with Crippen molar-refractivity contribution in [2.24, 2.45) is 11.7 Å². The topological polar surface area (TPSA) is 46.2 Å². The quantitative estimate of drug-likeness (QED) is 0.780. The summed E-state index contributed by atoms with van der Waals surface area (Å²) in [4.78, 5) is 0.539. The number of hydrogen-bond acceptors (Lipinski definition) is 3. The highest BCUT2D eigenvalue weighted by Crippen LogP contribution is 2.28. The van der Waals surface area contributed by atoms with Gasteiger partial charge in [0.1, 0.15) is 5.82 Å². The number of halogens is 1. The highest BCUT2D eigenvalue weighted by atomic mass is 32.2. The third-order valence-electron chi connectivity index (χ3n) is 2.49. The van der Waals surface area contributed by atoms with Crippen LogP contribution >= 0.6 is 11.8 Å². The molecule has 4 heteroatoms. The molecule has 0 aliphatic rings. The SMILES string of the molecule is CC(C)C(N)C(CO)Sc1ccccc1F. The fourth-order valence-corrected chi connectivity index (χ4v) is 2.58. The number of hydrogen-bond donors (Lipinski definition) is 2. The number of aliphatic hydroxyl groups excluding tert-OH is 1. The largest absolute Gasteiger partial charge is 0.395 e. The summed E-state index contributed by atoms with van der Waals surface area (Å²) in [5, 5.41) is 9.10. The molecule has 0 amide bonds. The maximum Gasteiger partial charge on any atom is 0.136 e. The maximum absolute atomic E-state index is 13.4. The molecular formula is C12H18FNOS. The van der Waals surface area contributed by atoms with Gasteiger partial charge in [0.05, 0.1) is 6.61 Å². The van der Waals surface area contributed by atoms with E-state index in [-0.39, 0.29) is 29.6 Å². The van der Waals surface area contributed by atoms with Crippen LogP contribution in [0.25, 0.3) is 0 Å². The summed E-state index contributed by atoms with van der Waals surface area (Å²) < 4.78 is 13.4. The van der Waals surface area contributed by atoms with E-state index < -0.39 is 0 Å². The molecule has 2 unspecified atom stereocenters. The summed E-state index contributed by atoms with van der Waals surface area (Å²) >= 11 is 1.30. The molecule has 3 N–H and O–H groups in total. The Morgan fingerprint density at radius 3 is 2.50 bits per heavy atom. The van der Waals surface area contributed by atoms with Crippen LogP contribution in [0.4, 0.5) is 4.39 Å². The Labute approximate surface area is 100 Å². The van der Waals surface area contributed by atoms with Crippen molar-refractivity contribution in [1.29, 1.82) is 0 Å². The first-order valence-electron chi connectivity index (χ1n) is 5.34. The molecule has 1 aromatic rings. The van der Waals surface area contributed by atoms with E-state index >= 15 is 0 Å². The smallest absolute Gasteiger partial charge is 0.136 e. The van der Waals surface area contributed by atoms with Crippen molar-refractivity contribution in [2.45, 2.75) is 30.0 Å². The van der Waals surface area contributed by atoms with E-state index in [1.165, 1.54) is 17.8 Å². The molecule has 0 radical (unpaired) electrons. The fraction of sp³-hybridized carbons (Fsp3) is 0.500. The second-order valence-corrected chi connectivity index (χ2v) is 5.37. The number of benzene rings is 1. The number of nitrogens with two attached hydrogens (primary N) is 1. The van der Waals surface area contributed by atoms with Gasteiger partial charge >= 0.3 is 0 Å². The van der Waals surface area contributed by atoms with Crippen molar-refractivity contribution >= 4 is 11.8 Å². The first-order chi connectivity index (χ1) is 7.56. The van der Waals surface area contributed by atoms with E-state index in [1.807, 2.05) is 13.8 Å². The molecule has 0 bridgehead atoms. The van der Waals surface area contributed by atoms with Gasteiger partial charge in [-0.05, 0) is 18.1 Å². The normalized spacial score (nSPS) is 15.1. The molecule has 1 aromatic carbocycles. The lowest BCUT2D eigenvalue weighted by molar-refractivity contribution is 0.269. The molecule has 0 saturated heterocycles. The van der Waals surface area contributed by atoms with Gasteiger partial charge in [0.15, 0.2) is 0 Å². The maximum atomic E-state index is 13.4. The van der Waals surface area contributed by atoms with E-state index in [0.717, 1.165) is 0 Å². The molecule has 2 atom stereocenters. The predicted octanol–water partition coefficient (Wildman–Crippen LogP) is 2.26. The molecule has 0 aliphatic heterocycles. The monoisotopic (exact) mass is 243 g/mol. The second-order valence-electron chi connectivity index (χ2n) is 4.09. The van der Waals surface area contributed by atoms with Crippen LogP contribution in [0.1, 0.15) is 13.8 Å². The van der Waals surface area contributed by atoms with Crippen molar-refractivity contribution in [1.82, 2.24) is 0 Å². The molecular weight excluding hydrogens is 225 g/mol. The lowest BCUT2D eigenvalue weighted by Gasteiger charge is -2.24. The molecule has 90 valence electrons. The molecule has 0 aliphatic carbocycles. The van der Waals surface area contributed by atoms with Crippen LogP contribution in [0.3, 0.4) is 0 Å². The summed E-state index contributed by atoms with van der Waals surface area (Å²) in [6.07, 6.45) is 0. The molecule has 0 heterocycles. The van der Waals surface area contributed by atoms with Crippen molar-refractivity contribution in [3.8, 4) is 0 Å². The zero-order chi connectivity index (χ0) is 12.1. The van der Waals surface area contributed by atoms with Gasteiger partial charge in [0.25, 0.3) is 0 Å². The molecule has 0 saturated carbocycles. The van der Waals surface area contributed by atoms with Gasteiger partial charge in [-0.3, -0.25) is 0 Å². The number of rotatable bonds is 5. The van der Waals surface area contributed by atoms with Crippen LogP contribution in [0, 0.1) is 11.7 Å². The highest BCUT2D eigenvalue weighted by molar-refractivity contribution is 8.00. The molecule has 1 rings (SSSR count). The zero-order valence-corrected chi connectivity index (χ0v) is 10.4. The average Bonchev–Trinajstić information content (AvgIpc) is 2.27. The van der Waals surface area contributed by atoms with Crippen LogP contribution in [-0.2, 0) is 0 Å². The number of aliphatic hydroxyl groups is 1. The Morgan fingerprint density at radius 1 is 1.38 bits per heavy atom. The van der Waals surface area contributed by atoms with Crippen molar-refractivity contribution in [3.63, 3.8) is 0 Å². The predicted molar refractivity (Wildman–Crippen MR) is 65.9 cm³/mol. The molecule has 0 aromatic heterocycles. The Bertz CT molecular complexity index is 333. The molecule has 0 spiro atoms. The average molecular weight is 243 g/mol. The van der Waals surface area contributed by atoms with Crippen LogP contribution in [-0.4, -0.2) is 23.0 Å². The van der Waals surface area contributed by atoms with Crippen LogP contribution < -0.4 is 5.73 Å². The van der Waals surface area contributed by atoms with Crippen molar-refractivity contribution in [3.05, 3.63) is 30.1 Å². The van der Waals surface area contributed by atoms with Gasteiger partial charge in [0.2, 0.25) is 0 Å². The lowest BCUT2D eigenvalue weighted by Crippen LogP contribution is -2.39. The fourth-order valence-electron chi connectivity index (χ4n) is 1.37. The lowest BCUT2D eigenvalue weighted by atomic mass is 10.0. The van der Waals surface area contributed by atoms with Gasteiger partial charge in [0, 0.05) is 16.2 Å². The van der Waals surface area contributed by atoms with Gasteiger partial charge < -0.3 is 10.8 Å². The summed E-state index contributed by atoms with van der Waals surface area (Å²) in [6, 6.07) is 6.40.